The molecule has 0 aliphatic carbocycles. The number of amides is 1. The number of nitrogens with one attached hydrogen (secondary N) is 1. The number of hydrogen-bond acceptors (Lipinski definition) is 4. The van der Waals surface area contributed by atoms with Gasteiger partial charge >= 0.3 is 5.97 Å². The van der Waals surface area contributed by atoms with E-state index in [1.54, 1.807) is 4.68 Å². The van der Waals surface area contributed by atoms with Crippen LogP contribution in [0.25, 0.3) is 0 Å². The predicted octanol–water partition coefficient (Wildman–Crippen LogP) is 2.15. The van der Waals surface area contributed by atoms with E-state index in [-0.39, 0.29) is 24.9 Å². The molecule has 0 saturated carbocycles. The monoisotopic (exact) mass is 315 g/mol. The average molecular weight is 315 g/mol. The molecule has 1 N–H and O–H groups in total. The molecule has 0 saturated heterocycles. The third kappa shape index (κ3) is 4.67. The topological polar surface area (TPSA) is 73.2 Å². The molecule has 0 unspecified atom stereocenters. The van der Waals surface area contributed by atoms with Crippen LogP contribution >= 0.6 is 0 Å². The lowest BCUT2D eigenvalue weighted by atomic mass is 10.1. The van der Waals surface area contributed by atoms with Crippen LogP contribution in [0.4, 0.5) is 5.69 Å². The molecule has 2 rings (SSSR count). The smallest absolute Gasteiger partial charge is 0.306 e. The van der Waals surface area contributed by atoms with Gasteiger partial charge in [0, 0.05) is 13.5 Å². The zero-order valence-corrected chi connectivity index (χ0v) is 13.6. The lowest BCUT2D eigenvalue weighted by Crippen LogP contribution is -2.21. The van der Waals surface area contributed by atoms with Crippen LogP contribution in [0, 0.1) is 13.8 Å². The van der Waals surface area contributed by atoms with Gasteiger partial charge in [-0.1, -0.05) is 30.3 Å². The van der Waals surface area contributed by atoms with Crippen molar-refractivity contribution in [2.75, 3.05) is 11.9 Å². The summed E-state index contributed by atoms with van der Waals surface area (Å²) in [6, 6.07) is 9.68. The van der Waals surface area contributed by atoms with Crippen LogP contribution in [0.5, 0.6) is 0 Å². The van der Waals surface area contributed by atoms with Crippen molar-refractivity contribution in [3.63, 3.8) is 0 Å². The molecule has 1 amide bonds. The minimum atomic E-state index is -0.386. The number of esters is 1. The summed E-state index contributed by atoms with van der Waals surface area (Å²) < 4.78 is 6.70. The van der Waals surface area contributed by atoms with Crippen molar-refractivity contribution in [1.29, 1.82) is 0 Å². The fourth-order valence-corrected chi connectivity index (χ4v) is 2.24. The molecule has 1 aromatic heterocycles. The van der Waals surface area contributed by atoms with Crippen LogP contribution < -0.4 is 5.32 Å². The van der Waals surface area contributed by atoms with Gasteiger partial charge in [-0.05, 0) is 25.8 Å². The fourth-order valence-electron chi connectivity index (χ4n) is 2.24. The van der Waals surface area contributed by atoms with Gasteiger partial charge in [0.15, 0.2) is 6.61 Å². The molecule has 0 spiro atoms. The number of nitrogens with zero attached hydrogens (tertiary/aromatic N) is 2. The average Bonchev–Trinajstić information content (AvgIpc) is 2.78. The van der Waals surface area contributed by atoms with E-state index < -0.39 is 0 Å². The lowest BCUT2D eigenvalue weighted by molar-refractivity contribution is -0.147. The highest BCUT2D eigenvalue weighted by molar-refractivity contribution is 5.93. The van der Waals surface area contributed by atoms with E-state index in [0.29, 0.717) is 12.1 Å². The largest absolute Gasteiger partial charge is 0.456 e. The molecule has 0 aliphatic heterocycles. The number of hydrogen-bond donors (Lipinski definition) is 1. The van der Waals surface area contributed by atoms with E-state index >= 15 is 0 Å². The summed E-state index contributed by atoms with van der Waals surface area (Å²) in [5.74, 6) is -0.749. The van der Waals surface area contributed by atoms with Gasteiger partial charge in [-0.15, -0.1) is 0 Å². The first-order chi connectivity index (χ1) is 11.0. The van der Waals surface area contributed by atoms with Crippen LogP contribution in [-0.2, 0) is 27.8 Å². The summed E-state index contributed by atoms with van der Waals surface area (Å²) in [6.45, 7) is 3.39. The Morgan fingerprint density at radius 1 is 1.22 bits per heavy atom. The molecule has 0 aliphatic rings. The van der Waals surface area contributed by atoms with E-state index in [0.717, 1.165) is 17.0 Å². The van der Waals surface area contributed by atoms with E-state index in [1.807, 2.05) is 51.2 Å². The number of carbonyl (C=O) groups is 2. The Balaban J connectivity index is 1.76. The second kappa shape index (κ2) is 7.58. The fraction of sp³-hybridized carbons (Fsp3) is 0.353. The number of aromatic nitrogens is 2. The van der Waals surface area contributed by atoms with Crippen molar-refractivity contribution < 1.29 is 14.3 Å². The van der Waals surface area contributed by atoms with Gasteiger partial charge in [-0.2, -0.15) is 5.10 Å². The number of ether oxygens (including phenoxy) is 1. The molecule has 23 heavy (non-hydrogen) atoms. The van der Waals surface area contributed by atoms with Crippen molar-refractivity contribution in [2.24, 2.45) is 7.05 Å². The standard InChI is InChI=1S/C17H21N3O3/c1-12-17(13(2)20(3)19-12)18-15(21)11-23-16(22)10-9-14-7-5-4-6-8-14/h4-8H,9-11H2,1-3H3,(H,18,21). The summed E-state index contributed by atoms with van der Waals surface area (Å²) in [6.07, 6.45) is 0.852. The Morgan fingerprint density at radius 2 is 1.91 bits per heavy atom. The predicted molar refractivity (Wildman–Crippen MR) is 87.0 cm³/mol. The van der Waals surface area contributed by atoms with Crippen LogP contribution in [0.2, 0.25) is 0 Å². The van der Waals surface area contributed by atoms with Crippen LogP contribution in [0.3, 0.4) is 0 Å². The van der Waals surface area contributed by atoms with Crippen molar-refractivity contribution in [2.45, 2.75) is 26.7 Å². The van der Waals surface area contributed by atoms with E-state index in [9.17, 15) is 9.59 Å². The number of aryl methyl sites for hydroxylation is 3. The van der Waals surface area contributed by atoms with E-state index in [2.05, 4.69) is 10.4 Å². The molecule has 0 bridgehead atoms. The van der Waals surface area contributed by atoms with Crippen molar-refractivity contribution in [1.82, 2.24) is 9.78 Å². The molecular formula is C17H21N3O3. The summed E-state index contributed by atoms with van der Waals surface area (Å²) >= 11 is 0. The highest BCUT2D eigenvalue weighted by Gasteiger charge is 2.14. The zero-order chi connectivity index (χ0) is 16.8. The minimum absolute atomic E-state index is 0.252. The number of anilines is 1. The second-order valence-electron chi connectivity index (χ2n) is 5.36. The molecule has 2 aromatic rings. The third-order valence-electron chi connectivity index (χ3n) is 3.60. The molecular weight excluding hydrogens is 294 g/mol. The highest BCUT2D eigenvalue weighted by atomic mass is 16.5. The number of carbonyl (C=O) groups excluding carboxylic acids is 2. The SMILES string of the molecule is Cc1nn(C)c(C)c1NC(=O)COC(=O)CCc1ccccc1. The summed E-state index contributed by atoms with van der Waals surface area (Å²) in [5.41, 5.74) is 3.31. The first-order valence-corrected chi connectivity index (χ1v) is 7.47. The van der Waals surface area contributed by atoms with Gasteiger partial charge < -0.3 is 10.1 Å². The van der Waals surface area contributed by atoms with Gasteiger partial charge in [0.1, 0.15) is 0 Å². The normalized spacial score (nSPS) is 10.4. The minimum Gasteiger partial charge on any atom is -0.456 e. The third-order valence-corrected chi connectivity index (χ3v) is 3.60. The first-order valence-electron chi connectivity index (χ1n) is 7.47. The Labute approximate surface area is 135 Å². The van der Waals surface area contributed by atoms with Crippen molar-refractivity contribution >= 4 is 17.6 Å². The molecule has 0 atom stereocenters. The Bertz CT molecular complexity index is 693. The zero-order valence-electron chi connectivity index (χ0n) is 13.6. The Morgan fingerprint density at radius 3 is 2.52 bits per heavy atom. The Kier molecular flexibility index (Phi) is 5.51. The van der Waals surface area contributed by atoms with Gasteiger partial charge in [0.25, 0.3) is 5.91 Å². The quantitative estimate of drug-likeness (QED) is 0.829. The van der Waals surface area contributed by atoms with Crippen molar-refractivity contribution in [3.05, 3.63) is 47.3 Å². The van der Waals surface area contributed by atoms with Gasteiger partial charge in [0.2, 0.25) is 0 Å². The summed E-state index contributed by atoms with van der Waals surface area (Å²) in [7, 11) is 1.81. The van der Waals surface area contributed by atoms with Gasteiger partial charge in [0.05, 0.1) is 17.1 Å². The maximum atomic E-state index is 11.9. The number of rotatable bonds is 6. The molecule has 0 fully saturated rings. The molecule has 6 heteroatoms. The molecule has 1 aromatic carbocycles. The summed E-state index contributed by atoms with van der Waals surface area (Å²) in [5, 5.41) is 6.95. The number of benzene rings is 1. The lowest BCUT2D eigenvalue weighted by Gasteiger charge is -2.07. The maximum Gasteiger partial charge on any atom is 0.306 e. The first kappa shape index (κ1) is 16.7. The Hall–Kier alpha value is -2.63. The van der Waals surface area contributed by atoms with E-state index in [1.165, 1.54) is 0 Å². The highest BCUT2D eigenvalue weighted by Crippen LogP contribution is 2.18. The second-order valence-corrected chi connectivity index (χ2v) is 5.36. The van der Waals surface area contributed by atoms with Gasteiger partial charge in [-0.25, -0.2) is 0 Å². The van der Waals surface area contributed by atoms with Crippen LogP contribution in [-0.4, -0.2) is 28.3 Å². The van der Waals surface area contributed by atoms with Crippen LogP contribution in [0.15, 0.2) is 30.3 Å². The summed E-state index contributed by atoms with van der Waals surface area (Å²) in [4.78, 5) is 23.6. The molecule has 122 valence electrons. The molecule has 6 nitrogen and oxygen atoms in total. The molecule has 0 radical (unpaired) electrons. The van der Waals surface area contributed by atoms with Crippen LogP contribution in [0.1, 0.15) is 23.4 Å². The molecule has 1 heterocycles. The van der Waals surface area contributed by atoms with Crippen molar-refractivity contribution in [3.8, 4) is 0 Å². The van der Waals surface area contributed by atoms with E-state index in [4.69, 9.17) is 4.74 Å². The maximum absolute atomic E-state index is 11.9. The van der Waals surface area contributed by atoms with Gasteiger partial charge in [-0.3, -0.25) is 14.3 Å².